The number of hydrogen-bond donors (Lipinski definition) is 1. The Labute approximate surface area is 91.7 Å². The highest BCUT2D eigenvalue weighted by Crippen LogP contribution is 2.37. The predicted molar refractivity (Wildman–Crippen MR) is 60.4 cm³/mol. The number of nitrogens with zero attached hydrogens (tertiary/aromatic N) is 2. The van der Waals surface area contributed by atoms with Crippen molar-refractivity contribution < 1.29 is 4.74 Å². The minimum Gasteiger partial charge on any atom is -0.370 e. The molecule has 0 amide bonds. The molecule has 0 aromatic heterocycles. The molecule has 0 spiro atoms. The summed E-state index contributed by atoms with van der Waals surface area (Å²) in [5.74, 6) is 0.712. The largest absolute Gasteiger partial charge is 0.370 e. The number of methoxy groups -OCH3 is 1. The fourth-order valence-corrected chi connectivity index (χ4v) is 2.35. The lowest BCUT2D eigenvalue weighted by Gasteiger charge is -2.46. The maximum absolute atomic E-state index is 8.24. The summed E-state index contributed by atoms with van der Waals surface area (Å²) in [4.78, 5) is 4.49. The number of amidine groups is 1. The van der Waals surface area contributed by atoms with Crippen molar-refractivity contribution in [2.75, 3.05) is 40.3 Å². The van der Waals surface area contributed by atoms with E-state index in [0.29, 0.717) is 5.84 Å². The average molecular weight is 211 g/mol. The maximum atomic E-state index is 8.24. The second-order valence-electron chi connectivity index (χ2n) is 4.69. The number of likely N-dealkylation sites (N-methyl/N-ethyl adjacent to an activating group) is 1. The van der Waals surface area contributed by atoms with Crippen LogP contribution in [0.4, 0.5) is 0 Å². The third kappa shape index (κ3) is 1.88. The molecule has 0 atom stereocenters. The van der Waals surface area contributed by atoms with E-state index in [1.54, 1.807) is 7.11 Å². The van der Waals surface area contributed by atoms with E-state index in [-0.39, 0.29) is 5.60 Å². The lowest BCUT2D eigenvalue weighted by atomic mass is 9.78. The molecule has 0 unspecified atom stereocenters. The maximum Gasteiger partial charge on any atom is 0.129 e. The van der Waals surface area contributed by atoms with Crippen LogP contribution in [0.3, 0.4) is 0 Å². The normalized spacial score (nSPS) is 26.1. The number of ether oxygens (including phenoxy) is 1. The lowest BCUT2D eigenvalue weighted by molar-refractivity contribution is -0.0246. The molecule has 2 fully saturated rings. The van der Waals surface area contributed by atoms with Crippen molar-refractivity contribution in [3.63, 3.8) is 0 Å². The number of hydrogen-bond acceptors (Lipinski definition) is 3. The van der Waals surface area contributed by atoms with Gasteiger partial charge in [0.1, 0.15) is 11.4 Å². The zero-order chi connectivity index (χ0) is 10.9. The summed E-state index contributed by atoms with van der Waals surface area (Å²) in [6.45, 7) is 4.06. The molecule has 4 heteroatoms. The quantitative estimate of drug-likeness (QED) is 0.542. The zero-order valence-electron chi connectivity index (χ0n) is 9.75. The van der Waals surface area contributed by atoms with Crippen LogP contribution in [0, 0.1) is 5.41 Å². The smallest absolute Gasteiger partial charge is 0.129 e. The van der Waals surface area contributed by atoms with Crippen LogP contribution >= 0.6 is 0 Å². The molecule has 15 heavy (non-hydrogen) atoms. The second kappa shape index (κ2) is 4.10. The van der Waals surface area contributed by atoms with Gasteiger partial charge in [-0.2, -0.15) is 0 Å². The molecule has 1 N–H and O–H groups in total. The highest BCUT2D eigenvalue weighted by atomic mass is 16.5. The Balaban J connectivity index is 1.95. The zero-order valence-corrected chi connectivity index (χ0v) is 9.75. The van der Waals surface area contributed by atoms with E-state index in [4.69, 9.17) is 10.1 Å². The molecule has 4 nitrogen and oxygen atoms in total. The van der Waals surface area contributed by atoms with E-state index in [2.05, 4.69) is 16.8 Å². The molecule has 2 aliphatic rings. The number of piperazine rings is 1. The predicted octanol–water partition coefficient (Wildman–Crippen LogP) is 0.780. The molecule has 1 saturated heterocycles. The van der Waals surface area contributed by atoms with E-state index >= 15 is 0 Å². The first-order valence-corrected chi connectivity index (χ1v) is 5.76. The summed E-state index contributed by atoms with van der Waals surface area (Å²) in [6.07, 6.45) is 3.24. The van der Waals surface area contributed by atoms with E-state index in [0.717, 1.165) is 39.0 Å². The molecule has 1 saturated carbocycles. The van der Waals surface area contributed by atoms with E-state index < -0.39 is 0 Å². The van der Waals surface area contributed by atoms with Gasteiger partial charge in [0.15, 0.2) is 0 Å². The monoisotopic (exact) mass is 211 g/mol. The third-order valence-corrected chi connectivity index (χ3v) is 3.80. The van der Waals surface area contributed by atoms with Gasteiger partial charge in [0.05, 0.1) is 0 Å². The highest BCUT2D eigenvalue weighted by Gasteiger charge is 2.44. The summed E-state index contributed by atoms with van der Waals surface area (Å²) in [6, 6.07) is 0. The van der Waals surface area contributed by atoms with Gasteiger partial charge in [0, 0.05) is 33.3 Å². The first-order chi connectivity index (χ1) is 7.18. The average Bonchev–Trinajstić information content (AvgIpc) is 2.18. The Morgan fingerprint density at radius 1 is 1.20 bits per heavy atom. The van der Waals surface area contributed by atoms with E-state index in [1.807, 2.05) is 0 Å². The topological polar surface area (TPSA) is 39.6 Å². The van der Waals surface area contributed by atoms with Crippen molar-refractivity contribution >= 4 is 5.84 Å². The number of nitrogens with one attached hydrogen (secondary N) is 1. The lowest BCUT2D eigenvalue weighted by Crippen LogP contribution is -2.58. The van der Waals surface area contributed by atoms with Gasteiger partial charge in [0.2, 0.25) is 0 Å². The van der Waals surface area contributed by atoms with Crippen LogP contribution in [-0.4, -0.2) is 61.6 Å². The third-order valence-electron chi connectivity index (χ3n) is 3.80. The van der Waals surface area contributed by atoms with Crippen molar-refractivity contribution in [2.24, 2.45) is 0 Å². The van der Waals surface area contributed by atoms with E-state index in [9.17, 15) is 0 Å². The molecule has 1 aliphatic carbocycles. The van der Waals surface area contributed by atoms with Crippen molar-refractivity contribution in [2.45, 2.75) is 24.9 Å². The molecule has 0 aromatic carbocycles. The number of rotatable bonds is 2. The minimum absolute atomic E-state index is 0.240. The van der Waals surface area contributed by atoms with Crippen LogP contribution in [0.1, 0.15) is 19.3 Å². The van der Waals surface area contributed by atoms with Gasteiger partial charge >= 0.3 is 0 Å². The molecule has 1 aliphatic heterocycles. The van der Waals surface area contributed by atoms with Gasteiger partial charge < -0.3 is 14.5 Å². The Morgan fingerprint density at radius 3 is 2.20 bits per heavy atom. The molecule has 86 valence electrons. The molecule has 1 heterocycles. The first kappa shape index (κ1) is 10.9. The van der Waals surface area contributed by atoms with Gasteiger partial charge in [-0.05, 0) is 26.3 Å². The van der Waals surface area contributed by atoms with Gasteiger partial charge in [-0.25, -0.2) is 0 Å². The minimum atomic E-state index is -0.240. The summed E-state index contributed by atoms with van der Waals surface area (Å²) in [7, 11) is 3.88. The Bertz CT molecular complexity index is 237. The Kier molecular flexibility index (Phi) is 2.98. The van der Waals surface area contributed by atoms with Crippen LogP contribution < -0.4 is 0 Å². The second-order valence-corrected chi connectivity index (χ2v) is 4.69. The summed E-state index contributed by atoms with van der Waals surface area (Å²) in [5, 5.41) is 8.24. The van der Waals surface area contributed by atoms with Crippen molar-refractivity contribution in [1.29, 1.82) is 5.41 Å². The Hall–Kier alpha value is -0.610. The Morgan fingerprint density at radius 2 is 1.80 bits per heavy atom. The SMILES string of the molecule is COC1(C(=N)N2CCN(C)CC2)CCC1. The highest BCUT2D eigenvalue weighted by molar-refractivity contribution is 5.89. The van der Waals surface area contributed by atoms with Crippen LogP contribution in [0.15, 0.2) is 0 Å². The first-order valence-electron chi connectivity index (χ1n) is 5.76. The fraction of sp³-hybridized carbons (Fsp3) is 0.909. The van der Waals surface area contributed by atoms with E-state index in [1.165, 1.54) is 6.42 Å². The molecule has 0 aromatic rings. The van der Waals surface area contributed by atoms with Crippen LogP contribution in [0.2, 0.25) is 0 Å². The van der Waals surface area contributed by atoms with Crippen LogP contribution in [0.25, 0.3) is 0 Å². The van der Waals surface area contributed by atoms with Crippen LogP contribution in [0.5, 0.6) is 0 Å². The van der Waals surface area contributed by atoms with Crippen molar-refractivity contribution in [3.05, 3.63) is 0 Å². The van der Waals surface area contributed by atoms with Gasteiger partial charge in [0.25, 0.3) is 0 Å². The molecule has 2 rings (SSSR count). The van der Waals surface area contributed by atoms with Gasteiger partial charge in [-0.1, -0.05) is 0 Å². The summed E-state index contributed by atoms with van der Waals surface area (Å²) < 4.78 is 5.54. The summed E-state index contributed by atoms with van der Waals surface area (Å²) in [5.41, 5.74) is -0.240. The molecular weight excluding hydrogens is 190 g/mol. The summed E-state index contributed by atoms with van der Waals surface area (Å²) >= 11 is 0. The molecule has 0 radical (unpaired) electrons. The van der Waals surface area contributed by atoms with Crippen molar-refractivity contribution in [3.8, 4) is 0 Å². The fourth-order valence-electron chi connectivity index (χ4n) is 2.35. The standard InChI is InChI=1S/C11H21N3O/c1-13-6-8-14(9-7-13)10(12)11(15-2)4-3-5-11/h12H,3-9H2,1-2H3. The van der Waals surface area contributed by atoms with Gasteiger partial charge in [-0.15, -0.1) is 0 Å². The van der Waals surface area contributed by atoms with Crippen LogP contribution in [-0.2, 0) is 4.74 Å². The van der Waals surface area contributed by atoms with Crippen molar-refractivity contribution in [1.82, 2.24) is 9.80 Å². The van der Waals surface area contributed by atoms with Gasteiger partial charge in [-0.3, -0.25) is 5.41 Å². The molecule has 0 bridgehead atoms. The molecular formula is C11H21N3O.